The van der Waals surface area contributed by atoms with Crippen molar-refractivity contribution in [2.45, 2.75) is 227 Å². The van der Waals surface area contributed by atoms with Crippen molar-refractivity contribution in [1.29, 1.82) is 0 Å². The lowest BCUT2D eigenvalue weighted by atomic mass is 9.47. The van der Waals surface area contributed by atoms with Gasteiger partial charge in [-0.25, -0.2) is 0 Å². The smallest absolute Gasteiger partial charge is 0.187 e. The molecule has 0 spiro atoms. The van der Waals surface area contributed by atoms with Gasteiger partial charge in [-0.2, -0.15) is 0 Å². The van der Waals surface area contributed by atoms with Crippen LogP contribution in [0.25, 0.3) is 0 Å². The fourth-order valence-corrected chi connectivity index (χ4v) is 15.0. The summed E-state index contributed by atoms with van der Waals surface area (Å²) in [5.41, 5.74) is 1.18. The average Bonchev–Trinajstić information content (AvgIpc) is 3.83. The van der Waals surface area contributed by atoms with Crippen molar-refractivity contribution in [3.05, 3.63) is 11.6 Å². The Morgan fingerprint density at radius 2 is 1.36 bits per heavy atom. The van der Waals surface area contributed by atoms with Gasteiger partial charge in [-0.15, -0.1) is 0 Å². The molecule has 9 rings (SSSR count). The molecule has 5 heterocycles. The number of hydrogen-bond acceptors (Lipinski definition) is 22. The van der Waals surface area contributed by atoms with Gasteiger partial charge in [0.05, 0.1) is 44.7 Å². The summed E-state index contributed by atoms with van der Waals surface area (Å²) in [6.45, 7) is 9.21. The molecule has 0 radical (unpaired) electrons. The Morgan fingerprint density at radius 1 is 0.699 bits per heavy atom. The van der Waals surface area contributed by atoms with Gasteiger partial charge >= 0.3 is 0 Å². The summed E-state index contributed by atoms with van der Waals surface area (Å²) in [4.78, 5) is 0. The summed E-state index contributed by atoms with van der Waals surface area (Å²) in [6, 6.07) is 0. The van der Waals surface area contributed by atoms with Crippen molar-refractivity contribution >= 4 is 0 Å². The first-order chi connectivity index (χ1) is 34.6. The molecule has 0 aromatic carbocycles. The first kappa shape index (κ1) is 56.6. The molecule has 0 bridgehead atoms. The fraction of sp³-hybridized carbons (Fsp3) is 0.961. The molecule has 4 aliphatic carbocycles. The van der Waals surface area contributed by atoms with Crippen LogP contribution in [-0.4, -0.2) is 230 Å². The summed E-state index contributed by atoms with van der Waals surface area (Å²) >= 11 is 0. The molecule has 420 valence electrons. The number of aliphatic hydroxyl groups is 12. The maximum absolute atomic E-state index is 11.6. The summed E-state index contributed by atoms with van der Waals surface area (Å²) in [7, 11) is 1.72. The van der Waals surface area contributed by atoms with Crippen LogP contribution >= 0.6 is 0 Å². The van der Waals surface area contributed by atoms with E-state index in [0.717, 1.165) is 32.1 Å². The van der Waals surface area contributed by atoms with Crippen LogP contribution in [0, 0.1) is 46.3 Å². The molecular weight excluding hydrogens is 965 g/mol. The molecule has 8 fully saturated rings. The highest BCUT2D eigenvalue weighted by molar-refractivity contribution is 5.26. The molecule has 0 aromatic heterocycles. The molecule has 1 unspecified atom stereocenters. The number of ether oxygens (including phenoxy) is 10. The Balaban J connectivity index is 0.864. The first-order valence-corrected chi connectivity index (χ1v) is 26.7. The normalized spacial score (nSPS) is 54.5. The van der Waals surface area contributed by atoms with Crippen LogP contribution in [0.3, 0.4) is 0 Å². The molecule has 22 heteroatoms. The molecular formula is C51H84O22. The van der Waals surface area contributed by atoms with E-state index in [1.807, 2.05) is 6.92 Å². The third-order valence-electron chi connectivity index (χ3n) is 19.4. The summed E-state index contributed by atoms with van der Waals surface area (Å²) in [5, 5.41) is 126. The molecule has 5 saturated heterocycles. The van der Waals surface area contributed by atoms with E-state index in [1.54, 1.807) is 7.11 Å². The largest absolute Gasteiger partial charge is 0.394 e. The van der Waals surface area contributed by atoms with E-state index in [2.05, 4.69) is 26.8 Å². The van der Waals surface area contributed by atoms with Gasteiger partial charge in [0.1, 0.15) is 85.5 Å². The Labute approximate surface area is 426 Å². The monoisotopic (exact) mass is 1050 g/mol. The molecule has 12 N–H and O–H groups in total. The zero-order valence-corrected chi connectivity index (χ0v) is 42.8. The van der Waals surface area contributed by atoms with Crippen molar-refractivity contribution < 1.29 is 109 Å². The fourth-order valence-electron chi connectivity index (χ4n) is 15.0. The zero-order valence-electron chi connectivity index (χ0n) is 42.8. The molecule has 9 aliphatic rings. The van der Waals surface area contributed by atoms with Gasteiger partial charge in [0.2, 0.25) is 0 Å². The number of methoxy groups -OCH3 is 1. The zero-order chi connectivity index (χ0) is 52.6. The number of allylic oxidation sites excluding steroid dienone is 1. The van der Waals surface area contributed by atoms with E-state index < -0.39 is 148 Å². The van der Waals surface area contributed by atoms with Gasteiger partial charge < -0.3 is 109 Å². The lowest BCUT2D eigenvalue weighted by molar-refractivity contribution is -0.390. The van der Waals surface area contributed by atoms with Gasteiger partial charge in [0.25, 0.3) is 0 Å². The van der Waals surface area contributed by atoms with Crippen LogP contribution in [0.4, 0.5) is 0 Å². The maximum Gasteiger partial charge on any atom is 0.187 e. The van der Waals surface area contributed by atoms with Gasteiger partial charge in [-0.1, -0.05) is 39.3 Å². The van der Waals surface area contributed by atoms with Crippen molar-refractivity contribution in [1.82, 2.24) is 0 Å². The minimum atomic E-state index is -1.75. The van der Waals surface area contributed by atoms with Crippen LogP contribution in [0.15, 0.2) is 11.6 Å². The first-order valence-electron chi connectivity index (χ1n) is 26.7. The molecule has 30 atom stereocenters. The van der Waals surface area contributed by atoms with Crippen LogP contribution in [0.5, 0.6) is 0 Å². The summed E-state index contributed by atoms with van der Waals surface area (Å²) < 4.78 is 61.5. The average molecular weight is 1050 g/mol. The van der Waals surface area contributed by atoms with E-state index in [9.17, 15) is 61.3 Å². The number of rotatable bonds is 15. The van der Waals surface area contributed by atoms with Gasteiger partial charge in [-0.05, 0) is 98.7 Å². The topological polar surface area (TPSA) is 335 Å². The predicted octanol–water partition coefficient (Wildman–Crippen LogP) is -1.71. The highest BCUT2D eigenvalue weighted by atomic mass is 16.8. The molecule has 73 heavy (non-hydrogen) atoms. The second-order valence-corrected chi connectivity index (χ2v) is 23.6. The summed E-state index contributed by atoms with van der Waals surface area (Å²) in [5.74, 6) is 0.863. The van der Waals surface area contributed by atoms with E-state index in [4.69, 9.17) is 47.4 Å². The van der Waals surface area contributed by atoms with E-state index in [-0.39, 0.29) is 41.3 Å². The number of fused-ring (bicyclic) bond motifs is 7. The van der Waals surface area contributed by atoms with Crippen LogP contribution in [0.1, 0.15) is 92.4 Å². The second-order valence-electron chi connectivity index (χ2n) is 23.6. The maximum atomic E-state index is 11.6. The Bertz CT molecular complexity index is 1880. The SMILES string of the molecule is COC1(CC[C@@H](C)CO[C@@H]2O[C@H](CO)[C@@H](O)[C@H](O)[C@H]2O)O[C@H]2C[C@H]3[C@@H]4CC=C5C[C@@H](O[C@@H]6O[C@H](CO)[C@@H](O)[C@H](O[C@@H]7OC[C@@H](O)[C@H](O)[C@H]7O)[C@H]6O[C@@H]6O[C@@H](C)[C@H](O)[C@@H](O)[C@H]6O)CC[C@]5(C)[C@H]4CC[C@]3(C)[C@H]2[C@@H]1C. The van der Waals surface area contributed by atoms with Crippen LogP contribution in [-0.2, 0) is 47.4 Å². The number of hydrogen-bond donors (Lipinski definition) is 12. The molecule has 0 aromatic rings. The predicted molar refractivity (Wildman–Crippen MR) is 249 cm³/mol. The van der Waals surface area contributed by atoms with Crippen LogP contribution < -0.4 is 0 Å². The number of aliphatic hydroxyl groups excluding tert-OH is 12. The quantitative estimate of drug-likeness (QED) is 0.0813. The standard InChI is InChI=1S/C51H84O22/c1-21(19-65-45-41(62)39(60)36(57)31(17-52)69-45)9-14-51(64-6)22(2)33-30(73-51)16-28-26-8-7-24-15-25(10-12-49(24,4)27(26)11-13-50(28,33)5)68-48-44(72-47-42(63)38(59)34(55)23(3)67-47)43(37(58)32(18-53)70-48)71-46-40(61)35(56)29(54)20-66-46/h7,21-23,25-48,52-63H,8-20H2,1-6H3/t21-,22+,23+,25+,26-,27+,28+,29-,30+,31-,32-,33+,34+,35+,36-,37-,38-,39+,40-,41-,42-,43+,44-,45-,46+,47+,48-,49+,50+,51?/m1/s1. The third-order valence-corrected chi connectivity index (χ3v) is 19.4. The second kappa shape index (κ2) is 22.2. The lowest BCUT2D eigenvalue weighted by Crippen LogP contribution is -2.66. The molecule has 3 saturated carbocycles. The highest BCUT2D eigenvalue weighted by Gasteiger charge is 2.68. The minimum Gasteiger partial charge on any atom is -0.394 e. The lowest BCUT2D eigenvalue weighted by Gasteiger charge is -2.58. The Hall–Kier alpha value is -1.14. The summed E-state index contributed by atoms with van der Waals surface area (Å²) in [6.07, 6.45) is -18.5. The Morgan fingerprint density at radius 3 is 2.07 bits per heavy atom. The highest BCUT2D eigenvalue weighted by Crippen LogP contribution is 2.70. The van der Waals surface area contributed by atoms with E-state index >= 15 is 0 Å². The molecule has 0 amide bonds. The van der Waals surface area contributed by atoms with Crippen molar-refractivity contribution in [2.24, 2.45) is 46.3 Å². The van der Waals surface area contributed by atoms with Crippen molar-refractivity contribution in [2.75, 3.05) is 33.5 Å². The van der Waals surface area contributed by atoms with Gasteiger partial charge in [0, 0.05) is 19.4 Å². The third kappa shape index (κ3) is 10.2. The molecule has 5 aliphatic heterocycles. The van der Waals surface area contributed by atoms with Gasteiger partial charge in [-0.3, -0.25) is 0 Å². The Kier molecular flexibility index (Phi) is 17.2. The van der Waals surface area contributed by atoms with E-state index in [1.165, 1.54) is 12.5 Å². The van der Waals surface area contributed by atoms with Crippen molar-refractivity contribution in [3.63, 3.8) is 0 Å². The van der Waals surface area contributed by atoms with Crippen LogP contribution in [0.2, 0.25) is 0 Å². The van der Waals surface area contributed by atoms with Gasteiger partial charge in [0.15, 0.2) is 30.9 Å². The van der Waals surface area contributed by atoms with E-state index in [0.29, 0.717) is 43.4 Å². The molecule has 22 nitrogen and oxygen atoms in total. The minimum absolute atomic E-state index is 0.00353. The van der Waals surface area contributed by atoms with Crippen molar-refractivity contribution in [3.8, 4) is 0 Å².